The maximum absolute atomic E-state index is 15.6. The molecule has 2 aromatic rings. The van der Waals surface area contributed by atoms with E-state index in [1.807, 2.05) is 24.7 Å². The molecule has 0 spiro atoms. The van der Waals surface area contributed by atoms with E-state index in [-0.39, 0.29) is 35.7 Å². The second-order valence-electron chi connectivity index (χ2n) is 12.7. The molecule has 0 bridgehead atoms. The van der Waals surface area contributed by atoms with Crippen LogP contribution in [0.15, 0.2) is 36.5 Å². The molecule has 1 aliphatic carbocycles. The van der Waals surface area contributed by atoms with E-state index < -0.39 is 29.7 Å². The number of hydrogen-bond donors (Lipinski definition) is 3. The van der Waals surface area contributed by atoms with Crippen LogP contribution in [0.3, 0.4) is 0 Å². The highest BCUT2D eigenvalue weighted by atomic mass is 19.1. The third-order valence-electron chi connectivity index (χ3n) is 9.50. The minimum atomic E-state index is -0.851. The molecule has 45 heavy (non-hydrogen) atoms. The summed E-state index contributed by atoms with van der Waals surface area (Å²) in [4.78, 5) is 56.7. The molecule has 0 radical (unpaired) electrons. The van der Waals surface area contributed by atoms with Gasteiger partial charge in [-0.2, -0.15) is 0 Å². The van der Waals surface area contributed by atoms with Crippen molar-refractivity contribution in [3.63, 3.8) is 0 Å². The number of amides is 4. The Hall–Kier alpha value is -3.73. The van der Waals surface area contributed by atoms with Gasteiger partial charge < -0.3 is 30.3 Å². The minimum Gasteiger partial charge on any atom is -0.344 e. The van der Waals surface area contributed by atoms with E-state index in [4.69, 9.17) is 0 Å². The predicted octanol–water partition coefficient (Wildman–Crippen LogP) is 3.98. The molecule has 0 unspecified atom stereocenters. The fourth-order valence-electron chi connectivity index (χ4n) is 6.35. The van der Waals surface area contributed by atoms with E-state index in [2.05, 4.69) is 27.8 Å². The average Bonchev–Trinajstić information content (AvgIpc) is 3.53. The second-order valence-corrected chi connectivity index (χ2v) is 12.7. The Balaban J connectivity index is 1.52. The number of aryl methyl sites for hydroxylation is 1. The standard InChI is InChI=1S/C34H49FN6O4/c1-6-29(42)37-30(34(45)41-19-17-39(5)18-20-41)23(4)25-14-15-27(26(35)21-25)36-33(44)31(24-12-10-22(3)11-13-24)38-32(43)28-9-8-16-40(28)7-2/h8-9,14-16,21-24,30-31H,6-7,10-13,17-20H2,1-5H3,(H,36,44)(H,37,42)(H,38,43)/t22-,23-,24-,30+,31-/m0/s1. The van der Waals surface area contributed by atoms with Crippen LogP contribution < -0.4 is 16.0 Å². The number of carbonyl (C=O) groups excluding carboxylic acids is 4. The maximum Gasteiger partial charge on any atom is 0.268 e. The Morgan fingerprint density at radius 3 is 2.29 bits per heavy atom. The fraction of sp³-hybridized carbons (Fsp3) is 0.588. The monoisotopic (exact) mass is 624 g/mol. The Kier molecular flexibility index (Phi) is 11.8. The number of halogens is 1. The SMILES string of the molecule is CCC(=O)N[C@@H](C(=O)N1CCN(C)CC1)[C@@H](C)c1ccc(NC(=O)[C@@H](NC(=O)c2cccn2CC)[C@H]2CC[C@H](C)CC2)c(F)c1. The first-order chi connectivity index (χ1) is 21.5. The summed E-state index contributed by atoms with van der Waals surface area (Å²) in [6, 6.07) is 6.32. The number of aromatic nitrogens is 1. The van der Waals surface area contributed by atoms with Gasteiger partial charge in [0.1, 0.15) is 23.6 Å². The van der Waals surface area contributed by atoms with Crippen molar-refractivity contribution in [2.24, 2.45) is 11.8 Å². The number of piperazine rings is 1. The highest BCUT2D eigenvalue weighted by Crippen LogP contribution is 2.32. The van der Waals surface area contributed by atoms with Gasteiger partial charge in [-0.25, -0.2) is 4.39 Å². The first-order valence-electron chi connectivity index (χ1n) is 16.3. The fourth-order valence-corrected chi connectivity index (χ4v) is 6.35. The van der Waals surface area contributed by atoms with Crippen LogP contribution in [0.4, 0.5) is 10.1 Å². The number of hydrogen-bond acceptors (Lipinski definition) is 5. The Morgan fingerprint density at radius 1 is 0.978 bits per heavy atom. The Bertz CT molecular complexity index is 1350. The minimum absolute atomic E-state index is 0.00384. The molecule has 11 heteroatoms. The lowest BCUT2D eigenvalue weighted by atomic mass is 9.79. The molecule has 4 amide bonds. The summed E-state index contributed by atoms with van der Waals surface area (Å²) in [5.41, 5.74) is 0.997. The Morgan fingerprint density at radius 2 is 1.67 bits per heavy atom. The third kappa shape index (κ3) is 8.51. The number of nitrogens with one attached hydrogen (secondary N) is 3. The zero-order valence-electron chi connectivity index (χ0n) is 27.3. The van der Waals surface area contributed by atoms with E-state index in [1.165, 1.54) is 12.1 Å². The molecule has 246 valence electrons. The van der Waals surface area contributed by atoms with E-state index in [1.54, 1.807) is 36.9 Å². The van der Waals surface area contributed by atoms with Gasteiger partial charge in [0.25, 0.3) is 5.91 Å². The lowest BCUT2D eigenvalue weighted by molar-refractivity contribution is -0.138. The molecule has 1 saturated carbocycles. The summed E-state index contributed by atoms with van der Waals surface area (Å²) in [7, 11) is 2.00. The number of rotatable bonds is 11. The summed E-state index contributed by atoms with van der Waals surface area (Å²) in [5, 5.41) is 8.54. The van der Waals surface area contributed by atoms with Crippen molar-refractivity contribution < 1.29 is 23.6 Å². The van der Waals surface area contributed by atoms with Gasteiger partial charge in [-0.05, 0) is 68.5 Å². The van der Waals surface area contributed by atoms with Gasteiger partial charge >= 0.3 is 0 Å². The number of benzene rings is 1. The first-order valence-corrected chi connectivity index (χ1v) is 16.3. The second kappa shape index (κ2) is 15.5. The number of anilines is 1. The first kappa shape index (κ1) is 34.1. The van der Waals surface area contributed by atoms with Crippen molar-refractivity contribution in [3.05, 3.63) is 53.6 Å². The largest absolute Gasteiger partial charge is 0.344 e. The highest BCUT2D eigenvalue weighted by Gasteiger charge is 2.35. The molecule has 2 heterocycles. The van der Waals surface area contributed by atoms with Gasteiger partial charge in [0, 0.05) is 51.3 Å². The zero-order chi connectivity index (χ0) is 32.7. The molecule has 2 aliphatic rings. The number of nitrogens with zero attached hydrogens (tertiary/aromatic N) is 3. The average molecular weight is 625 g/mol. The van der Waals surface area contributed by atoms with Crippen molar-refractivity contribution in [1.29, 1.82) is 0 Å². The molecule has 1 aromatic heterocycles. The van der Waals surface area contributed by atoms with Crippen LogP contribution in [0.25, 0.3) is 0 Å². The third-order valence-corrected chi connectivity index (χ3v) is 9.50. The Labute approximate surface area is 266 Å². The van der Waals surface area contributed by atoms with Crippen LogP contribution in [-0.2, 0) is 20.9 Å². The summed E-state index contributed by atoms with van der Waals surface area (Å²) in [6.45, 7) is 10.9. The van der Waals surface area contributed by atoms with E-state index in [9.17, 15) is 19.2 Å². The van der Waals surface area contributed by atoms with Crippen molar-refractivity contribution in [2.45, 2.75) is 84.3 Å². The molecule has 3 N–H and O–H groups in total. The molecule has 1 saturated heterocycles. The van der Waals surface area contributed by atoms with Gasteiger partial charge in [0.15, 0.2) is 0 Å². The van der Waals surface area contributed by atoms with Crippen LogP contribution in [0.5, 0.6) is 0 Å². The van der Waals surface area contributed by atoms with Gasteiger partial charge in [0.05, 0.1) is 5.69 Å². The van der Waals surface area contributed by atoms with Crippen LogP contribution in [0, 0.1) is 17.7 Å². The van der Waals surface area contributed by atoms with Crippen LogP contribution in [0.2, 0.25) is 0 Å². The molecule has 2 fully saturated rings. The van der Waals surface area contributed by atoms with Gasteiger partial charge in [-0.1, -0.05) is 39.7 Å². The van der Waals surface area contributed by atoms with Crippen molar-refractivity contribution in [3.8, 4) is 0 Å². The zero-order valence-corrected chi connectivity index (χ0v) is 27.3. The molecule has 1 aromatic carbocycles. The van der Waals surface area contributed by atoms with E-state index in [0.29, 0.717) is 36.8 Å². The molecular formula is C34H49FN6O4. The van der Waals surface area contributed by atoms with Gasteiger partial charge in [-0.3, -0.25) is 19.2 Å². The van der Waals surface area contributed by atoms with Crippen molar-refractivity contribution in [1.82, 2.24) is 25.0 Å². The van der Waals surface area contributed by atoms with Crippen molar-refractivity contribution >= 4 is 29.3 Å². The summed E-state index contributed by atoms with van der Waals surface area (Å²) >= 11 is 0. The van der Waals surface area contributed by atoms with Crippen LogP contribution in [0.1, 0.15) is 81.8 Å². The van der Waals surface area contributed by atoms with Crippen molar-refractivity contribution in [2.75, 3.05) is 38.5 Å². The number of carbonyl (C=O) groups is 4. The van der Waals surface area contributed by atoms with Gasteiger partial charge in [-0.15, -0.1) is 0 Å². The highest BCUT2D eigenvalue weighted by molar-refractivity contribution is 6.01. The summed E-state index contributed by atoms with van der Waals surface area (Å²) < 4.78 is 17.4. The smallest absolute Gasteiger partial charge is 0.268 e. The molecular weight excluding hydrogens is 575 g/mol. The summed E-state index contributed by atoms with van der Waals surface area (Å²) in [5.74, 6) is -1.92. The lowest BCUT2D eigenvalue weighted by Crippen LogP contribution is -2.55. The maximum atomic E-state index is 15.6. The van der Waals surface area contributed by atoms with Gasteiger partial charge in [0.2, 0.25) is 17.7 Å². The molecule has 4 rings (SSSR count). The van der Waals surface area contributed by atoms with Crippen LogP contribution >= 0.6 is 0 Å². The molecule has 1 aliphatic heterocycles. The summed E-state index contributed by atoms with van der Waals surface area (Å²) in [6.07, 6.45) is 5.54. The number of likely N-dealkylation sites (N-methyl/N-ethyl adjacent to an activating group) is 1. The van der Waals surface area contributed by atoms with E-state index in [0.717, 1.165) is 38.8 Å². The van der Waals surface area contributed by atoms with Crippen LogP contribution in [-0.4, -0.2) is 83.3 Å². The molecule has 3 atom stereocenters. The van der Waals surface area contributed by atoms with E-state index >= 15 is 4.39 Å². The lowest BCUT2D eigenvalue weighted by Gasteiger charge is -2.36. The topological polar surface area (TPSA) is 116 Å². The predicted molar refractivity (Wildman–Crippen MR) is 172 cm³/mol. The quantitative estimate of drug-likeness (QED) is 0.350. The molecule has 10 nitrogen and oxygen atoms in total. The normalized spacial score (nSPS) is 21.0.